The number of halogens is 1. The monoisotopic (exact) mass is 226 g/mol. The van der Waals surface area contributed by atoms with Crippen LogP contribution in [0.4, 0.5) is 9.18 Å². The molecule has 3 N–H and O–H groups in total. The molecule has 0 radical (unpaired) electrons. The Hall–Kier alpha value is -1.62. The standard InChI is InChI=1S/C11H15FN2O2/c1-8(7-15)14-11(16)13-6-9-3-2-4-10(12)5-9/h2-5,8,15H,6-7H2,1H3,(H2,13,14,16). The Labute approximate surface area is 93.5 Å². The third-order valence-corrected chi connectivity index (χ3v) is 1.99. The summed E-state index contributed by atoms with van der Waals surface area (Å²) in [5.74, 6) is -0.330. The largest absolute Gasteiger partial charge is 0.394 e. The number of rotatable bonds is 4. The van der Waals surface area contributed by atoms with Crippen molar-refractivity contribution in [3.63, 3.8) is 0 Å². The number of aliphatic hydroxyl groups excluding tert-OH is 1. The molecule has 1 atom stereocenters. The smallest absolute Gasteiger partial charge is 0.315 e. The van der Waals surface area contributed by atoms with Crippen molar-refractivity contribution < 1.29 is 14.3 Å². The fourth-order valence-corrected chi connectivity index (χ4v) is 1.15. The van der Waals surface area contributed by atoms with Crippen molar-refractivity contribution in [1.82, 2.24) is 10.6 Å². The predicted molar refractivity (Wildman–Crippen MR) is 58.3 cm³/mol. The van der Waals surface area contributed by atoms with E-state index in [-0.39, 0.29) is 31.0 Å². The number of benzene rings is 1. The van der Waals surface area contributed by atoms with E-state index < -0.39 is 0 Å². The number of carbonyl (C=O) groups excluding carboxylic acids is 1. The molecule has 0 aliphatic carbocycles. The van der Waals surface area contributed by atoms with E-state index in [0.717, 1.165) is 0 Å². The maximum Gasteiger partial charge on any atom is 0.315 e. The lowest BCUT2D eigenvalue weighted by Crippen LogP contribution is -2.41. The summed E-state index contributed by atoms with van der Waals surface area (Å²) in [7, 11) is 0. The second-order valence-electron chi connectivity index (χ2n) is 3.54. The van der Waals surface area contributed by atoms with Gasteiger partial charge in [-0.1, -0.05) is 12.1 Å². The molecular weight excluding hydrogens is 211 g/mol. The van der Waals surface area contributed by atoms with Crippen molar-refractivity contribution in [2.24, 2.45) is 0 Å². The van der Waals surface area contributed by atoms with Gasteiger partial charge in [-0.05, 0) is 24.6 Å². The van der Waals surface area contributed by atoms with Crippen molar-refractivity contribution >= 4 is 6.03 Å². The Balaban J connectivity index is 2.37. The Kier molecular flexibility index (Phi) is 4.72. The van der Waals surface area contributed by atoms with Gasteiger partial charge < -0.3 is 15.7 Å². The molecule has 2 amide bonds. The fraction of sp³-hybridized carbons (Fsp3) is 0.364. The van der Waals surface area contributed by atoms with Crippen LogP contribution in [-0.2, 0) is 6.54 Å². The molecule has 0 fully saturated rings. The SMILES string of the molecule is CC(CO)NC(=O)NCc1cccc(F)c1. The highest BCUT2D eigenvalue weighted by molar-refractivity contribution is 5.74. The first-order valence-corrected chi connectivity index (χ1v) is 5.01. The number of amides is 2. The summed E-state index contributed by atoms with van der Waals surface area (Å²) in [6, 6.07) is 5.32. The van der Waals surface area contributed by atoms with E-state index in [2.05, 4.69) is 10.6 Å². The minimum atomic E-state index is -0.384. The van der Waals surface area contributed by atoms with Gasteiger partial charge >= 0.3 is 6.03 Å². The maximum atomic E-state index is 12.8. The molecule has 5 heteroatoms. The van der Waals surface area contributed by atoms with Crippen LogP contribution in [0, 0.1) is 5.82 Å². The molecule has 1 unspecified atom stereocenters. The third kappa shape index (κ3) is 4.27. The van der Waals surface area contributed by atoms with Gasteiger partial charge in [0.25, 0.3) is 0 Å². The molecular formula is C11H15FN2O2. The zero-order valence-electron chi connectivity index (χ0n) is 9.03. The molecule has 88 valence electrons. The lowest BCUT2D eigenvalue weighted by atomic mass is 10.2. The molecule has 16 heavy (non-hydrogen) atoms. The van der Waals surface area contributed by atoms with Crippen molar-refractivity contribution in [3.8, 4) is 0 Å². The first-order valence-electron chi connectivity index (χ1n) is 5.01. The van der Waals surface area contributed by atoms with Gasteiger partial charge in [0, 0.05) is 6.54 Å². The molecule has 4 nitrogen and oxygen atoms in total. The predicted octanol–water partition coefficient (Wildman–Crippen LogP) is 1.01. The summed E-state index contributed by atoms with van der Waals surface area (Å²) in [4.78, 5) is 11.2. The van der Waals surface area contributed by atoms with Gasteiger partial charge in [-0.3, -0.25) is 0 Å². The van der Waals surface area contributed by atoms with Gasteiger partial charge in [0.2, 0.25) is 0 Å². The Morgan fingerprint density at radius 1 is 1.56 bits per heavy atom. The van der Waals surface area contributed by atoms with E-state index in [0.29, 0.717) is 5.56 Å². The van der Waals surface area contributed by atoms with Crippen LogP contribution in [0.5, 0.6) is 0 Å². The van der Waals surface area contributed by atoms with E-state index in [1.54, 1.807) is 19.1 Å². The topological polar surface area (TPSA) is 61.4 Å². The number of aliphatic hydroxyl groups is 1. The molecule has 0 aromatic heterocycles. The van der Waals surface area contributed by atoms with Crippen molar-refractivity contribution in [2.75, 3.05) is 6.61 Å². The summed E-state index contributed by atoms with van der Waals surface area (Å²) in [5.41, 5.74) is 0.687. The third-order valence-electron chi connectivity index (χ3n) is 1.99. The molecule has 1 aromatic rings. The van der Waals surface area contributed by atoms with E-state index >= 15 is 0 Å². The minimum absolute atomic E-state index is 0.118. The first kappa shape index (κ1) is 12.4. The minimum Gasteiger partial charge on any atom is -0.394 e. The highest BCUT2D eigenvalue weighted by Gasteiger charge is 2.05. The molecule has 0 spiro atoms. The van der Waals surface area contributed by atoms with Crippen LogP contribution in [0.3, 0.4) is 0 Å². The molecule has 1 rings (SSSR count). The van der Waals surface area contributed by atoms with Gasteiger partial charge in [-0.25, -0.2) is 9.18 Å². The van der Waals surface area contributed by atoms with Gasteiger partial charge in [-0.15, -0.1) is 0 Å². The summed E-state index contributed by atoms with van der Waals surface area (Å²) in [6.45, 7) is 1.82. The highest BCUT2D eigenvalue weighted by atomic mass is 19.1. The van der Waals surface area contributed by atoms with Crippen molar-refractivity contribution in [3.05, 3.63) is 35.6 Å². The molecule has 0 heterocycles. The lowest BCUT2D eigenvalue weighted by molar-refractivity contribution is 0.220. The number of hydrogen-bond acceptors (Lipinski definition) is 2. The summed E-state index contributed by atoms with van der Waals surface area (Å²) in [6.07, 6.45) is 0. The van der Waals surface area contributed by atoms with Gasteiger partial charge in [0.1, 0.15) is 5.82 Å². The van der Waals surface area contributed by atoms with Gasteiger partial charge in [0.15, 0.2) is 0 Å². The maximum absolute atomic E-state index is 12.8. The van der Waals surface area contributed by atoms with Crippen LogP contribution < -0.4 is 10.6 Å². The van der Waals surface area contributed by atoms with Crippen molar-refractivity contribution in [2.45, 2.75) is 19.5 Å². The quantitative estimate of drug-likeness (QED) is 0.717. The molecule has 0 saturated carbocycles. The summed E-state index contributed by atoms with van der Waals surface area (Å²) in [5, 5.41) is 13.8. The highest BCUT2D eigenvalue weighted by Crippen LogP contribution is 2.02. The summed E-state index contributed by atoms with van der Waals surface area (Å²) >= 11 is 0. The molecule has 1 aromatic carbocycles. The van der Waals surface area contributed by atoms with E-state index in [4.69, 9.17) is 5.11 Å². The molecule has 0 aliphatic rings. The number of nitrogens with one attached hydrogen (secondary N) is 2. The number of hydrogen-bond donors (Lipinski definition) is 3. The zero-order chi connectivity index (χ0) is 12.0. The second-order valence-corrected chi connectivity index (χ2v) is 3.54. The number of carbonyl (C=O) groups is 1. The van der Waals surface area contributed by atoms with Crippen LogP contribution >= 0.6 is 0 Å². The molecule has 0 saturated heterocycles. The lowest BCUT2D eigenvalue weighted by Gasteiger charge is -2.11. The van der Waals surface area contributed by atoms with Crippen LogP contribution in [0.1, 0.15) is 12.5 Å². The Morgan fingerprint density at radius 2 is 2.31 bits per heavy atom. The Bertz CT molecular complexity index is 358. The van der Waals surface area contributed by atoms with Crippen LogP contribution in [0.25, 0.3) is 0 Å². The van der Waals surface area contributed by atoms with Gasteiger partial charge in [0.05, 0.1) is 12.6 Å². The van der Waals surface area contributed by atoms with Crippen molar-refractivity contribution in [1.29, 1.82) is 0 Å². The Morgan fingerprint density at radius 3 is 2.94 bits per heavy atom. The number of urea groups is 1. The van der Waals surface area contributed by atoms with E-state index in [1.807, 2.05) is 0 Å². The molecule has 0 aliphatic heterocycles. The van der Waals surface area contributed by atoms with E-state index in [1.165, 1.54) is 12.1 Å². The fourth-order valence-electron chi connectivity index (χ4n) is 1.15. The normalized spacial score (nSPS) is 11.9. The van der Waals surface area contributed by atoms with Crippen LogP contribution in [-0.4, -0.2) is 23.8 Å². The van der Waals surface area contributed by atoms with Gasteiger partial charge in [-0.2, -0.15) is 0 Å². The van der Waals surface area contributed by atoms with E-state index in [9.17, 15) is 9.18 Å². The average molecular weight is 226 g/mol. The first-order chi connectivity index (χ1) is 7.61. The molecule has 0 bridgehead atoms. The second kappa shape index (κ2) is 6.07. The van der Waals surface area contributed by atoms with Crippen LogP contribution in [0.15, 0.2) is 24.3 Å². The average Bonchev–Trinajstić information content (AvgIpc) is 2.26. The van der Waals surface area contributed by atoms with Crippen LogP contribution in [0.2, 0.25) is 0 Å². The zero-order valence-corrected chi connectivity index (χ0v) is 9.03. The summed E-state index contributed by atoms with van der Waals surface area (Å²) < 4.78 is 12.8.